The van der Waals surface area contributed by atoms with Gasteiger partial charge in [-0.25, -0.2) is 0 Å². The predicted octanol–water partition coefficient (Wildman–Crippen LogP) is 5.65. The van der Waals surface area contributed by atoms with Crippen LogP contribution in [0, 0.1) is 5.92 Å². The minimum absolute atomic E-state index is 0. The molecule has 0 radical (unpaired) electrons. The number of rotatable bonds is 15. The number of hydrogen-bond donors (Lipinski definition) is 1. The fourth-order valence-corrected chi connectivity index (χ4v) is 4.21. The molecule has 0 aromatic carbocycles. The Morgan fingerprint density at radius 2 is 1.14 bits per heavy atom. The van der Waals surface area contributed by atoms with Crippen LogP contribution in [0.2, 0.25) is 0 Å². The molecule has 0 aromatic heterocycles. The van der Waals surface area contributed by atoms with Gasteiger partial charge in [0.05, 0.1) is 0 Å². The Bertz CT molecular complexity index is 249. The molecule has 0 aliphatic carbocycles. The standard InChI is InChI=1S/C18H37O2P.Al.3H/c1-4-7-10-13-15-17(14-11-8-5-2)18(21(19)20)16-12-9-6-3;;;;/h17-18H,4-16H2,1-3H3;;;;/p+1. The maximum atomic E-state index is 11.8. The van der Waals surface area contributed by atoms with Crippen molar-refractivity contribution in [1.29, 1.82) is 0 Å². The Labute approximate surface area is 150 Å². The van der Waals surface area contributed by atoms with Crippen molar-refractivity contribution in [3.05, 3.63) is 0 Å². The molecule has 0 saturated heterocycles. The van der Waals surface area contributed by atoms with Crippen LogP contribution in [-0.4, -0.2) is 27.9 Å². The van der Waals surface area contributed by atoms with Gasteiger partial charge in [-0.3, -0.25) is 0 Å². The summed E-state index contributed by atoms with van der Waals surface area (Å²) in [5.41, 5.74) is 0.0463. The van der Waals surface area contributed by atoms with E-state index >= 15 is 0 Å². The lowest BCUT2D eigenvalue weighted by atomic mass is 9.89. The number of unbranched alkanes of at least 4 members (excludes halogenated alkanes) is 7. The van der Waals surface area contributed by atoms with Crippen molar-refractivity contribution >= 4 is 25.4 Å². The molecular formula is C18H41AlO2P+. The summed E-state index contributed by atoms with van der Waals surface area (Å²) in [4.78, 5) is 9.75. The maximum Gasteiger partial charge on any atom is 0.508 e. The number of hydrogen-bond acceptors (Lipinski definition) is 1. The molecule has 0 heterocycles. The summed E-state index contributed by atoms with van der Waals surface area (Å²) in [7, 11) is -2.02. The SMILES string of the molecule is CCCCCCC(CCCCC)C(CCCCC)[P+](=O)O.[AlH3]. The van der Waals surface area contributed by atoms with Gasteiger partial charge in [-0.2, -0.15) is 4.89 Å². The second kappa shape index (κ2) is 17.9. The van der Waals surface area contributed by atoms with E-state index in [1.54, 1.807) is 0 Å². The fourth-order valence-electron chi connectivity index (χ4n) is 3.15. The van der Waals surface area contributed by atoms with Gasteiger partial charge < -0.3 is 0 Å². The van der Waals surface area contributed by atoms with Crippen molar-refractivity contribution in [3.63, 3.8) is 0 Å². The van der Waals surface area contributed by atoms with Crippen molar-refractivity contribution in [2.75, 3.05) is 0 Å². The van der Waals surface area contributed by atoms with E-state index in [0.29, 0.717) is 5.92 Å². The van der Waals surface area contributed by atoms with E-state index in [2.05, 4.69) is 20.8 Å². The van der Waals surface area contributed by atoms with E-state index in [4.69, 9.17) is 0 Å². The van der Waals surface area contributed by atoms with Gasteiger partial charge in [-0.05, 0) is 30.2 Å². The summed E-state index contributed by atoms with van der Waals surface area (Å²) in [6.07, 6.45) is 15.5. The van der Waals surface area contributed by atoms with Gasteiger partial charge in [0.15, 0.2) is 23.0 Å². The summed E-state index contributed by atoms with van der Waals surface area (Å²) in [6.45, 7) is 6.65. The summed E-state index contributed by atoms with van der Waals surface area (Å²) < 4.78 is 11.8. The first-order valence-electron chi connectivity index (χ1n) is 9.32. The summed E-state index contributed by atoms with van der Waals surface area (Å²) in [5.74, 6) is 0.471. The van der Waals surface area contributed by atoms with Gasteiger partial charge in [-0.15, -0.1) is 0 Å². The minimum Gasteiger partial charge on any atom is -0.161 e. The molecule has 3 atom stereocenters. The van der Waals surface area contributed by atoms with Crippen LogP contribution in [0.3, 0.4) is 0 Å². The topological polar surface area (TPSA) is 37.3 Å². The van der Waals surface area contributed by atoms with Crippen LogP contribution in [0.15, 0.2) is 0 Å². The Hall–Kier alpha value is 0.592. The van der Waals surface area contributed by atoms with Crippen LogP contribution in [0.1, 0.15) is 104 Å². The highest BCUT2D eigenvalue weighted by Gasteiger charge is 2.35. The average Bonchev–Trinajstić information content (AvgIpc) is 2.46. The van der Waals surface area contributed by atoms with E-state index in [1.807, 2.05) is 0 Å². The first-order chi connectivity index (χ1) is 10.2. The largest absolute Gasteiger partial charge is 0.508 e. The lowest BCUT2D eigenvalue weighted by Gasteiger charge is -2.19. The molecule has 3 unspecified atom stereocenters. The van der Waals surface area contributed by atoms with Crippen LogP contribution in [-0.2, 0) is 4.57 Å². The Balaban J connectivity index is 0. The van der Waals surface area contributed by atoms with Gasteiger partial charge >= 0.3 is 8.03 Å². The highest BCUT2D eigenvalue weighted by Crippen LogP contribution is 2.38. The molecule has 0 saturated carbocycles. The molecule has 0 aliphatic rings. The lowest BCUT2D eigenvalue weighted by molar-refractivity contribution is 0.354. The average molecular weight is 347 g/mol. The normalized spacial score (nSPS) is 14.3. The van der Waals surface area contributed by atoms with Crippen molar-refractivity contribution in [2.24, 2.45) is 5.92 Å². The van der Waals surface area contributed by atoms with Gasteiger partial charge in [-0.1, -0.05) is 78.6 Å². The third-order valence-electron chi connectivity index (χ3n) is 4.54. The molecule has 4 heteroatoms. The second-order valence-corrected chi connectivity index (χ2v) is 7.74. The molecule has 1 N–H and O–H groups in total. The zero-order valence-electron chi connectivity index (χ0n) is 14.6. The van der Waals surface area contributed by atoms with Crippen molar-refractivity contribution in [3.8, 4) is 0 Å². The highest BCUT2D eigenvalue weighted by atomic mass is 31.1. The molecule has 0 aliphatic heterocycles. The molecule has 0 amide bonds. The van der Waals surface area contributed by atoms with Crippen LogP contribution >= 0.6 is 8.03 Å². The molecule has 0 spiro atoms. The van der Waals surface area contributed by atoms with E-state index in [0.717, 1.165) is 25.7 Å². The van der Waals surface area contributed by atoms with Gasteiger partial charge in [0.25, 0.3) is 0 Å². The van der Waals surface area contributed by atoms with Crippen LogP contribution in [0.5, 0.6) is 0 Å². The van der Waals surface area contributed by atoms with Gasteiger partial charge in [0, 0.05) is 5.92 Å². The Kier molecular flexibility index (Phi) is 20.3. The van der Waals surface area contributed by atoms with Gasteiger partial charge in [0.1, 0.15) is 0 Å². The van der Waals surface area contributed by atoms with E-state index in [9.17, 15) is 9.46 Å². The van der Waals surface area contributed by atoms with Crippen LogP contribution < -0.4 is 0 Å². The van der Waals surface area contributed by atoms with Crippen LogP contribution in [0.25, 0.3) is 0 Å². The van der Waals surface area contributed by atoms with Crippen molar-refractivity contribution < 1.29 is 9.46 Å². The molecule has 0 aromatic rings. The zero-order valence-corrected chi connectivity index (χ0v) is 15.5. The summed E-state index contributed by atoms with van der Waals surface area (Å²) in [6, 6.07) is 0. The lowest BCUT2D eigenvalue weighted by Crippen LogP contribution is -2.18. The molecule has 132 valence electrons. The quantitative estimate of drug-likeness (QED) is 0.236. The molecule has 2 nitrogen and oxygen atoms in total. The monoisotopic (exact) mass is 347 g/mol. The Morgan fingerprint density at radius 3 is 1.59 bits per heavy atom. The minimum atomic E-state index is -2.02. The first-order valence-corrected chi connectivity index (χ1v) is 10.6. The van der Waals surface area contributed by atoms with Crippen molar-refractivity contribution in [2.45, 2.75) is 110 Å². The second-order valence-electron chi connectivity index (χ2n) is 6.47. The predicted molar refractivity (Wildman–Crippen MR) is 104 cm³/mol. The maximum absolute atomic E-state index is 11.8. The van der Waals surface area contributed by atoms with Gasteiger partial charge in [0.2, 0.25) is 0 Å². The molecule has 22 heavy (non-hydrogen) atoms. The van der Waals surface area contributed by atoms with E-state index < -0.39 is 8.03 Å². The molecule has 0 rings (SSSR count). The van der Waals surface area contributed by atoms with Crippen LogP contribution in [0.4, 0.5) is 0 Å². The third kappa shape index (κ3) is 13.1. The Morgan fingerprint density at radius 1 is 0.727 bits per heavy atom. The smallest absolute Gasteiger partial charge is 0.161 e. The highest BCUT2D eigenvalue weighted by molar-refractivity contribution is 7.38. The summed E-state index contributed by atoms with van der Waals surface area (Å²) in [5, 5.41) is 0. The fraction of sp³-hybridized carbons (Fsp3) is 1.00. The van der Waals surface area contributed by atoms with Crippen molar-refractivity contribution in [1.82, 2.24) is 0 Å². The molecule has 0 bridgehead atoms. The van der Waals surface area contributed by atoms with E-state index in [1.165, 1.54) is 57.8 Å². The van der Waals surface area contributed by atoms with E-state index in [-0.39, 0.29) is 23.0 Å². The first kappa shape index (κ1) is 24.8. The third-order valence-corrected chi connectivity index (χ3v) is 5.79. The summed E-state index contributed by atoms with van der Waals surface area (Å²) >= 11 is 0. The zero-order chi connectivity index (χ0) is 15.9. The molecular weight excluding hydrogens is 306 g/mol. The molecule has 0 fully saturated rings.